The number of hydrogen-bond acceptors (Lipinski definition) is 5. The van der Waals surface area contributed by atoms with Gasteiger partial charge in [0.15, 0.2) is 5.69 Å². The van der Waals surface area contributed by atoms with Crippen LogP contribution in [-0.4, -0.2) is 27.5 Å². The number of nitrogens with zero attached hydrogens (tertiary/aromatic N) is 4. The molecule has 1 N–H and O–H groups in total. The van der Waals surface area contributed by atoms with Crippen molar-refractivity contribution in [2.24, 2.45) is 14.1 Å². The first-order chi connectivity index (χ1) is 10.4. The molecular weight excluding hydrogens is 284 g/mol. The van der Waals surface area contributed by atoms with Gasteiger partial charge < -0.3 is 14.9 Å². The van der Waals surface area contributed by atoms with Gasteiger partial charge in [-0.05, 0) is 19.1 Å². The first-order valence-corrected chi connectivity index (χ1v) is 6.96. The third kappa shape index (κ3) is 1.68. The van der Waals surface area contributed by atoms with Crippen LogP contribution in [0.25, 0.3) is 0 Å². The largest absolute Gasteiger partial charge is 0.493 e. The van der Waals surface area contributed by atoms with Gasteiger partial charge in [-0.25, -0.2) is 4.79 Å². The smallest absolute Gasteiger partial charge is 0.333 e. The molecular formula is C15H18N4O3. The number of aromatic hydroxyl groups is 1. The lowest BCUT2D eigenvalue weighted by atomic mass is 10.2. The minimum absolute atomic E-state index is 0.105. The molecule has 7 nitrogen and oxygen atoms in total. The highest BCUT2D eigenvalue weighted by Crippen LogP contribution is 2.43. The first kappa shape index (κ1) is 14.2. The maximum atomic E-state index is 12.5. The van der Waals surface area contributed by atoms with Crippen molar-refractivity contribution < 1.29 is 5.11 Å². The average molecular weight is 302 g/mol. The van der Waals surface area contributed by atoms with Crippen LogP contribution in [-0.2, 0) is 14.1 Å². The van der Waals surface area contributed by atoms with E-state index < -0.39 is 11.2 Å². The summed E-state index contributed by atoms with van der Waals surface area (Å²) in [5.74, 6) is -0.329. The van der Waals surface area contributed by atoms with Gasteiger partial charge >= 0.3 is 5.69 Å². The Morgan fingerprint density at radius 1 is 1.00 bits per heavy atom. The zero-order chi connectivity index (χ0) is 16.2. The van der Waals surface area contributed by atoms with Crippen LogP contribution in [0, 0.1) is 0 Å². The topological polar surface area (TPSA) is 70.7 Å². The van der Waals surface area contributed by atoms with E-state index in [1.54, 1.807) is 4.90 Å². The molecule has 0 bridgehead atoms. The second-order valence-corrected chi connectivity index (χ2v) is 5.48. The van der Waals surface area contributed by atoms with Gasteiger partial charge in [0, 0.05) is 21.1 Å². The van der Waals surface area contributed by atoms with Crippen LogP contribution in [0.15, 0.2) is 33.9 Å². The molecule has 0 amide bonds. The van der Waals surface area contributed by atoms with E-state index in [4.69, 9.17) is 0 Å². The third-order valence-electron chi connectivity index (χ3n) is 4.31. The van der Waals surface area contributed by atoms with Crippen LogP contribution in [0.4, 0.5) is 17.1 Å². The Labute approximate surface area is 127 Å². The molecule has 2 heterocycles. The minimum atomic E-state index is -0.556. The van der Waals surface area contributed by atoms with Gasteiger partial charge in [0.25, 0.3) is 5.56 Å². The highest BCUT2D eigenvalue weighted by molar-refractivity contribution is 5.84. The van der Waals surface area contributed by atoms with Crippen LogP contribution >= 0.6 is 0 Å². The van der Waals surface area contributed by atoms with E-state index in [1.807, 2.05) is 43.1 Å². The average Bonchev–Trinajstić information content (AvgIpc) is 2.77. The standard InChI is InChI=1S/C15H18N4O3/c1-9-16(2)10-7-5-6-8-11(10)19(9)12-13(20)17(3)15(22)18(4)14(12)21/h5-9,20H,1-4H3. The van der Waals surface area contributed by atoms with Crippen molar-refractivity contribution in [3.05, 3.63) is 45.1 Å². The maximum Gasteiger partial charge on any atom is 0.333 e. The monoisotopic (exact) mass is 302 g/mol. The zero-order valence-corrected chi connectivity index (χ0v) is 12.9. The van der Waals surface area contributed by atoms with E-state index >= 15 is 0 Å². The summed E-state index contributed by atoms with van der Waals surface area (Å²) >= 11 is 0. The molecule has 0 aliphatic carbocycles. The first-order valence-electron chi connectivity index (χ1n) is 6.96. The van der Waals surface area contributed by atoms with Crippen molar-refractivity contribution in [1.29, 1.82) is 0 Å². The third-order valence-corrected chi connectivity index (χ3v) is 4.31. The van der Waals surface area contributed by atoms with Crippen LogP contribution in [0.2, 0.25) is 0 Å². The normalized spacial score (nSPS) is 17.0. The molecule has 0 spiro atoms. The number of hydrogen-bond donors (Lipinski definition) is 1. The lowest BCUT2D eigenvalue weighted by molar-refractivity contribution is 0.411. The molecule has 0 saturated carbocycles. The van der Waals surface area contributed by atoms with E-state index in [9.17, 15) is 14.7 Å². The second kappa shape index (κ2) is 4.66. The van der Waals surface area contributed by atoms with Gasteiger partial charge in [-0.2, -0.15) is 0 Å². The molecule has 0 fully saturated rings. The molecule has 116 valence electrons. The van der Waals surface area contributed by atoms with Crippen molar-refractivity contribution in [3.63, 3.8) is 0 Å². The zero-order valence-electron chi connectivity index (χ0n) is 12.9. The predicted molar refractivity (Wildman–Crippen MR) is 85.0 cm³/mol. The number of para-hydroxylation sites is 2. The lowest BCUT2D eigenvalue weighted by Crippen LogP contribution is -2.43. The van der Waals surface area contributed by atoms with Gasteiger partial charge in [-0.15, -0.1) is 0 Å². The Balaban J connectivity index is 2.34. The molecule has 1 atom stereocenters. The Kier molecular flexibility index (Phi) is 3.01. The number of rotatable bonds is 1. The summed E-state index contributed by atoms with van der Waals surface area (Å²) < 4.78 is 2.08. The SMILES string of the molecule is CC1N(C)c2ccccc2N1c1c(O)n(C)c(=O)n(C)c1=O. The van der Waals surface area contributed by atoms with Gasteiger partial charge in [0.2, 0.25) is 5.88 Å². The van der Waals surface area contributed by atoms with E-state index in [1.165, 1.54) is 14.1 Å². The summed E-state index contributed by atoms with van der Waals surface area (Å²) in [4.78, 5) is 28.2. The highest BCUT2D eigenvalue weighted by Gasteiger charge is 2.35. The van der Waals surface area contributed by atoms with Crippen LogP contribution in [0.1, 0.15) is 6.92 Å². The Hall–Kier alpha value is -2.70. The van der Waals surface area contributed by atoms with E-state index in [-0.39, 0.29) is 17.7 Å². The number of aromatic nitrogens is 2. The van der Waals surface area contributed by atoms with E-state index in [0.29, 0.717) is 0 Å². The molecule has 1 aliphatic heterocycles. The number of benzene rings is 1. The second-order valence-electron chi connectivity index (χ2n) is 5.48. The fourth-order valence-corrected chi connectivity index (χ4v) is 2.88. The van der Waals surface area contributed by atoms with Crippen molar-refractivity contribution in [2.45, 2.75) is 13.1 Å². The quantitative estimate of drug-likeness (QED) is 0.840. The molecule has 22 heavy (non-hydrogen) atoms. The van der Waals surface area contributed by atoms with Crippen LogP contribution < -0.4 is 21.0 Å². The molecule has 3 rings (SSSR count). The fourth-order valence-electron chi connectivity index (χ4n) is 2.88. The van der Waals surface area contributed by atoms with E-state index in [2.05, 4.69) is 0 Å². The summed E-state index contributed by atoms with van der Waals surface area (Å²) in [6, 6.07) is 7.64. The van der Waals surface area contributed by atoms with Gasteiger partial charge in [-0.3, -0.25) is 13.9 Å². The number of fused-ring (bicyclic) bond motifs is 1. The van der Waals surface area contributed by atoms with Gasteiger partial charge in [0.1, 0.15) is 6.17 Å². The van der Waals surface area contributed by atoms with Crippen molar-refractivity contribution in [2.75, 3.05) is 16.8 Å². The van der Waals surface area contributed by atoms with Crippen LogP contribution in [0.5, 0.6) is 5.88 Å². The summed E-state index contributed by atoms with van der Waals surface area (Å²) in [5, 5.41) is 10.4. The van der Waals surface area contributed by atoms with Crippen molar-refractivity contribution >= 4 is 17.1 Å². The fraction of sp³-hybridized carbons (Fsp3) is 0.333. The molecule has 2 aromatic rings. The molecule has 0 radical (unpaired) electrons. The molecule has 7 heteroatoms. The van der Waals surface area contributed by atoms with Crippen molar-refractivity contribution in [3.8, 4) is 5.88 Å². The lowest BCUT2D eigenvalue weighted by Gasteiger charge is -2.28. The molecule has 0 saturated heterocycles. The number of anilines is 3. The summed E-state index contributed by atoms with van der Waals surface area (Å²) in [7, 11) is 4.77. The Morgan fingerprint density at radius 2 is 1.59 bits per heavy atom. The Morgan fingerprint density at radius 3 is 2.23 bits per heavy atom. The highest BCUT2D eigenvalue weighted by atomic mass is 16.3. The molecule has 1 aromatic heterocycles. The van der Waals surface area contributed by atoms with E-state index in [0.717, 1.165) is 20.5 Å². The molecule has 1 aromatic carbocycles. The Bertz CT molecular complexity index is 868. The van der Waals surface area contributed by atoms with Crippen molar-refractivity contribution in [1.82, 2.24) is 9.13 Å². The van der Waals surface area contributed by atoms with Gasteiger partial charge in [-0.1, -0.05) is 12.1 Å². The maximum absolute atomic E-state index is 12.5. The summed E-state index contributed by atoms with van der Waals surface area (Å²) in [6.07, 6.45) is -0.159. The minimum Gasteiger partial charge on any atom is -0.493 e. The molecule has 1 unspecified atom stereocenters. The predicted octanol–water partition coefficient (Wildman–Crippen LogP) is 0.724. The summed E-state index contributed by atoms with van der Waals surface area (Å²) in [6.45, 7) is 1.93. The molecule has 1 aliphatic rings. The van der Waals surface area contributed by atoms with Crippen LogP contribution in [0.3, 0.4) is 0 Å². The van der Waals surface area contributed by atoms with Gasteiger partial charge in [0.05, 0.1) is 11.4 Å². The summed E-state index contributed by atoms with van der Waals surface area (Å²) in [5.41, 5.74) is 0.819.